The molecule has 2 aromatic carbocycles. The number of carbonyl (C=O) groups excluding carboxylic acids is 1. The fourth-order valence-corrected chi connectivity index (χ4v) is 3.93. The maximum Gasteiger partial charge on any atom is 0.238 e. The molecule has 1 N–H and O–H groups in total. The minimum atomic E-state index is -0.0183. The van der Waals surface area contributed by atoms with E-state index in [9.17, 15) is 4.79 Å². The number of amides is 1. The number of anilines is 2. The Morgan fingerprint density at radius 2 is 1.86 bits per heavy atom. The zero-order chi connectivity index (χ0) is 20.8. The van der Waals surface area contributed by atoms with Crippen LogP contribution in [0.3, 0.4) is 0 Å². The van der Waals surface area contributed by atoms with Crippen LogP contribution in [-0.2, 0) is 16.1 Å². The van der Waals surface area contributed by atoms with E-state index in [1.807, 2.05) is 36.4 Å². The van der Waals surface area contributed by atoms with Gasteiger partial charge < -0.3 is 15.0 Å². The summed E-state index contributed by atoms with van der Waals surface area (Å²) in [7, 11) is 0. The number of carbonyl (C=O) groups is 1. The summed E-state index contributed by atoms with van der Waals surface area (Å²) in [6, 6.07) is 15.8. The highest BCUT2D eigenvalue weighted by molar-refractivity contribution is 6.30. The fraction of sp³-hybridized carbons (Fsp3) is 0.435. The molecule has 1 fully saturated rings. The molecule has 0 aromatic heterocycles. The minimum absolute atomic E-state index is 0.0183. The molecule has 0 saturated carbocycles. The molecule has 2 unspecified atom stereocenters. The van der Waals surface area contributed by atoms with E-state index in [-0.39, 0.29) is 18.1 Å². The van der Waals surface area contributed by atoms with Gasteiger partial charge in [-0.25, -0.2) is 0 Å². The van der Waals surface area contributed by atoms with E-state index in [1.54, 1.807) is 0 Å². The maximum absolute atomic E-state index is 12.5. The Hall–Kier alpha value is -2.08. The molecule has 156 valence electrons. The summed E-state index contributed by atoms with van der Waals surface area (Å²) in [4.78, 5) is 16.9. The van der Waals surface area contributed by atoms with E-state index in [2.05, 4.69) is 48.0 Å². The largest absolute Gasteiger partial charge is 0.372 e. The van der Waals surface area contributed by atoms with Gasteiger partial charge in [0, 0.05) is 36.0 Å². The molecule has 0 radical (unpaired) electrons. The van der Waals surface area contributed by atoms with Crippen molar-refractivity contribution >= 4 is 28.9 Å². The van der Waals surface area contributed by atoms with Crippen molar-refractivity contribution in [2.24, 2.45) is 0 Å². The van der Waals surface area contributed by atoms with Crippen LogP contribution < -0.4 is 10.2 Å². The summed E-state index contributed by atoms with van der Waals surface area (Å²) in [6.45, 7) is 9.82. The van der Waals surface area contributed by atoms with Crippen LogP contribution in [0.5, 0.6) is 0 Å². The maximum atomic E-state index is 12.5. The summed E-state index contributed by atoms with van der Waals surface area (Å²) in [5.74, 6) is -0.0183. The minimum Gasteiger partial charge on any atom is -0.372 e. The molecule has 1 aliphatic rings. The molecular formula is C23H30ClN3O2. The molecular weight excluding hydrogens is 386 g/mol. The van der Waals surface area contributed by atoms with Crippen molar-refractivity contribution in [3.8, 4) is 0 Å². The lowest BCUT2D eigenvalue weighted by molar-refractivity contribution is -0.117. The van der Waals surface area contributed by atoms with Gasteiger partial charge in [0.05, 0.1) is 18.8 Å². The quantitative estimate of drug-likeness (QED) is 0.727. The number of rotatable bonds is 7. The van der Waals surface area contributed by atoms with Gasteiger partial charge in [0.2, 0.25) is 5.91 Å². The number of morpholine rings is 1. The van der Waals surface area contributed by atoms with Gasteiger partial charge in [0.15, 0.2) is 0 Å². The Labute approximate surface area is 178 Å². The summed E-state index contributed by atoms with van der Waals surface area (Å²) < 4.78 is 5.80. The van der Waals surface area contributed by atoms with Crippen LogP contribution in [0.1, 0.15) is 26.3 Å². The molecule has 0 spiro atoms. The highest BCUT2D eigenvalue weighted by atomic mass is 35.5. The normalized spacial score (nSPS) is 19.4. The van der Waals surface area contributed by atoms with Gasteiger partial charge in [-0.05, 0) is 62.4 Å². The molecule has 6 heteroatoms. The van der Waals surface area contributed by atoms with Crippen molar-refractivity contribution in [3.63, 3.8) is 0 Å². The first-order valence-electron chi connectivity index (χ1n) is 10.2. The van der Waals surface area contributed by atoms with Gasteiger partial charge in [-0.3, -0.25) is 9.69 Å². The average Bonchev–Trinajstić information content (AvgIpc) is 2.67. The molecule has 3 rings (SSSR count). The monoisotopic (exact) mass is 415 g/mol. The summed E-state index contributed by atoms with van der Waals surface area (Å²) in [5.41, 5.74) is 3.07. The third-order valence-electron chi connectivity index (χ3n) is 5.05. The number of benzene rings is 2. The molecule has 1 heterocycles. The number of ether oxygens (including phenoxy) is 1. The topological polar surface area (TPSA) is 44.8 Å². The first kappa shape index (κ1) is 21.6. The van der Waals surface area contributed by atoms with Gasteiger partial charge in [-0.1, -0.05) is 30.7 Å². The number of hydrogen-bond acceptors (Lipinski definition) is 4. The molecule has 1 amide bonds. The standard InChI is InChI=1S/C23H30ClN3O2/c1-4-26(15-19-6-5-7-20(24)12-19)16-23(28)25-21-8-10-22(11-9-21)27-13-17(2)29-18(3)14-27/h5-12,17-18H,4,13-16H2,1-3H3,(H,25,28). The number of halogens is 1. The van der Waals surface area contributed by atoms with E-state index in [1.165, 1.54) is 0 Å². The second-order valence-corrected chi connectivity index (χ2v) is 8.13. The summed E-state index contributed by atoms with van der Waals surface area (Å²) >= 11 is 6.06. The van der Waals surface area contributed by atoms with Gasteiger partial charge in [0.25, 0.3) is 0 Å². The molecule has 0 aliphatic carbocycles. The van der Waals surface area contributed by atoms with E-state index in [4.69, 9.17) is 16.3 Å². The van der Waals surface area contributed by atoms with Crippen LogP contribution in [0, 0.1) is 0 Å². The zero-order valence-corrected chi connectivity index (χ0v) is 18.2. The lowest BCUT2D eigenvalue weighted by Crippen LogP contribution is -2.45. The molecule has 29 heavy (non-hydrogen) atoms. The van der Waals surface area contributed by atoms with Gasteiger partial charge in [-0.2, -0.15) is 0 Å². The van der Waals surface area contributed by atoms with Crippen LogP contribution in [0.15, 0.2) is 48.5 Å². The van der Waals surface area contributed by atoms with Crippen LogP contribution in [0.4, 0.5) is 11.4 Å². The first-order valence-corrected chi connectivity index (χ1v) is 10.6. The smallest absolute Gasteiger partial charge is 0.238 e. The van der Waals surface area contributed by atoms with Crippen LogP contribution in [-0.4, -0.2) is 49.2 Å². The predicted octanol–water partition coefficient (Wildman–Crippen LogP) is 4.41. The molecule has 5 nitrogen and oxygen atoms in total. The van der Waals surface area contributed by atoms with E-state index >= 15 is 0 Å². The Kier molecular flexibility index (Phi) is 7.53. The van der Waals surface area contributed by atoms with Crippen molar-refractivity contribution in [1.82, 2.24) is 4.90 Å². The Balaban J connectivity index is 1.54. The second-order valence-electron chi connectivity index (χ2n) is 7.69. The van der Waals surface area contributed by atoms with Crippen LogP contribution in [0.25, 0.3) is 0 Å². The van der Waals surface area contributed by atoms with E-state index in [0.29, 0.717) is 18.1 Å². The SMILES string of the molecule is CCN(CC(=O)Nc1ccc(N2CC(C)OC(C)C2)cc1)Cc1cccc(Cl)c1. The fourth-order valence-electron chi connectivity index (χ4n) is 3.72. The highest BCUT2D eigenvalue weighted by Crippen LogP contribution is 2.22. The van der Waals surface area contributed by atoms with Crippen molar-refractivity contribution in [3.05, 3.63) is 59.1 Å². The molecule has 1 aliphatic heterocycles. The Bertz CT molecular complexity index is 802. The second kappa shape index (κ2) is 10.1. The van der Waals surface area contributed by atoms with Crippen molar-refractivity contribution in [1.29, 1.82) is 0 Å². The number of nitrogens with zero attached hydrogens (tertiary/aromatic N) is 2. The van der Waals surface area contributed by atoms with Gasteiger partial charge in [-0.15, -0.1) is 0 Å². The summed E-state index contributed by atoms with van der Waals surface area (Å²) in [5, 5.41) is 3.72. The Morgan fingerprint density at radius 3 is 2.48 bits per heavy atom. The van der Waals surface area contributed by atoms with Gasteiger partial charge in [0.1, 0.15) is 0 Å². The number of hydrogen-bond donors (Lipinski definition) is 1. The van der Waals surface area contributed by atoms with Gasteiger partial charge >= 0.3 is 0 Å². The highest BCUT2D eigenvalue weighted by Gasteiger charge is 2.22. The van der Waals surface area contributed by atoms with E-state index < -0.39 is 0 Å². The van der Waals surface area contributed by atoms with Crippen molar-refractivity contribution in [2.45, 2.75) is 39.5 Å². The Morgan fingerprint density at radius 1 is 1.17 bits per heavy atom. The lowest BCUT2D eigenvalue weighted by Gasteiger charge is -2.36. The summed E-state index contributed by atoms with van der Waals surface area (Å²) in [6.07, 6.45) is 0.440. The van der Waals surface area contributed by atoms with Crippen molar-refractivity contribution in [2.75, 3.05) is 36.4 Å². The number of likely N-dealkylation sites (N-methyl/N-ethyl adjacent to an activating group) is 1. The van der Waals surface area contributed by atoms with Crippen molar-refractivity contribution < 1.29 is 9.53 Å². The molecule has 0 bridgehead atoms. The average molecular weight is 416 g/mol. The van der Waals surface area contributed by atoms with Crippen LogP contribution in [0.2, 0.25) is 5.02 Å². The van der Waals surface area contributed by atoms with E-state index in [0.717, 1.165) is 36.6 Å². The molecule has 1 saturated heterocycles. The number of nitrogens with one attached hydrogen (secondary N) is 1. The first-order chi connectivity index (χ1) is 13.9. The molecule has 2 aromatic rings. The third kappa shape index (κ3) is 6.46. The third-order valence-corrected chi connectivity index (χ3v) is 5.28. The predicted molar refractivity (Wildman–Crippen MR) is 120 cm³/mol. The lowest BCUT2D eigenvalue weighted by atomic mass is 10.2. The zero-order valence-electron chi connectivity index (χ0n) is 17.4. The molecule has 2 atom stereocenters. The van der Waals surface area contributed by atoms with Crippen LogP contribution >= 0.6 is 11.6 Å².